The van der Waals surface area contributed by atoms with E-state index in [9.17, 15) is 0 Å². The Labute approximate surface area is 146 Å². The lowest BCUT2D eigenvalue weighted by Crippen LogP contribution is -2.51. The van der Waals surface area contributed by atoms with Crippen molar-refractivity contribution in [2.75, 3.05) is 11.9 Å². The molecule has 1 aromatic carbocycles. The van der Waals surface area contributed by atoms with E-state index in [0.717, 1.165) is 0 Å². The summed E-state index contributed by atoms with van der Waals surface area (Å²) in [5.74, 6) is 0. The van der Waals surface area contributed by atoms with Gasteiger partial charge in [-0.05, 0) is 38.9 Å². The van der Waals surface area contributed by atoms with Gasteiger partial charge in [-0.2, -0.15) is 4.57 Å². The fourth-order valence-electron chi connectivity index (χ4n) is 2.03. The van der Waals surface area contributed by atoms with Crippen LogP contribution >= 0.6 is 0 Å². The second-order valence-electron chi connectivity index (χ2n) is 7.30. The average molecular weight is 306 g/mol. The summed E-state index contributed by atoms with van der Waals surface area (Å²) < 4.78 is 68.3. The van der Waals surface area contributed by atoms with Gasteiger partial charge in [-0.1, -0.05) is 12.1 Å². The molecule has 2 heteroatoms. The van der Waals surface area contributed by atoms with Crippen LogP contribution < -0.4 is 9.47 Å². The Kier molecular flexibility index (Phi) is 2.28. The third-order valence-electron chi connectivity index (χ3n) is 3.55. The summed E-state index contributed by atoms with van der Waals surface area (Å²) in [5, 5.41) is 0. The van der Waals surface area contributed by atoms with Gasteiger partial charge in [-0.15, -0.1) is 0 Å². The molecule has 0 unspecified atom stereocenters. The number of para-hydroxylation sites is 1. The van der Waals surface area contributed by atoms with E-state index in [4.69, 9.17) is 11.0 Å². The van der Waals surface area contributed by atoms with Crippen LogP contribution in [-0.4, -0.2) is 12.6 Å². The van der Waals surface area contributed by atoms with Crippen LogP contribution in [-0.2, 0) is 5.54 Å². The maximum atomic E-state index is 8.62. The quantitative estimate of drug-likeness (QED) is 0.734. The van der Waals surface area contributed by atoms with Crippen LogP contribution in [0.1, 0.15) is 52.5 Å². The normalized spacial score (nSPS) is 17.4. The third-order valence-corrected chi connectivity index (χ3v) is 3.55. The fourth-order valence-corrected chi connectivity index (χ4v) is 2.03. The number of hydrogen-bond acceptors (Lipinski definition) is 1. The second-order valence-corrected chi connectivity index (χ2v) is 7.30. The smallest absolute Gasteiger partial charge is 0.215 e. The van der Waals surface area contributed by atoms with Crippen molar-refractivity contribution in [2.45, 2.75) is 52.6 Å². The van der Waals surface area contributed by atoms with Crippen molar-refractivity contribution in [2.24, 2.45) is 0 Å². The van der Waals surface area contributed by atoms with Crippen LogP contribution in [0, 0.1) is 0 Å². The van der Waals surface area contributed by atoms with Crippen molar-refractivity contribution in [3.63, 3.8) is 0 Å². The Bertz CT molecular complexity index is 1020. The summed E-state index contributed by atoms with van der Waals surface area (Å²) in [6.45, 7) is 11.1. The molecule has 0 saturated heterocycles. The summed E-state index contributed by atoms with van der Waals surface area (Å²) >= 11 is 0. The molecule has 1 heterocycles. The molecule has 1 aromatic heterocycles. The topological polar surface area (TPSA) is 7.12 Å². The van der Waals surface area contributed by atoms with Gasteiger partial charge in [0.05, 0.1) is 20.8 Å². The van der Waals surface area contributed by atoms with E-state index in [1.807, 2.05) is 20.8 Å². The number of rotatable bonds is 2. The maximum Gasteiger partial charge on any atom is 0.215 e. The highest BCUT2D eigenvalue weighted by molar-refractivity contribution is 5.75. The highest BCUT2D eigenvalue weighted by Gasteiger charge is 2.29. The Hall–Kier alpha value is -1.83. The minimum absolute atomic E-state index is 0.0339. The Morgan fingerprint density at radius 1 is 0.909 bits per heavy atom. The van der Waals surface area contributed by atoms with Crippen LogP contribution in [0.15, 0.2) is 48.5 Å². The molecule has 22 heavy (non-hydrogen) atoms. The minimum Gasteiger partial charge on any atom is -0.369 e. The van der Waals surface area contributed by atoms with Crippen molar-refractivity contribution in [1.29, 1.82) is 0 Å². The summed E-state index contributed by atoms with van der Waals surface area (Å²) in [4.78, 5) is 1.72. The van der Waals surface area contributed by atoms with Gasteiger partial charge in [0.15, 0.2) is 11.7 Å². The number of anilines is 1. The number of nitrogens with zero attached hydrogens (tertiary/aromatic N) is 2. The molecule has 0 aliphatic carbocycles. The van der Waals surface area contributed by atoms with Crippen LogP contribution in [0.5, 0.6) is 0 Å². The SMILES string of the molecule is [2H]c1c([2H])c([2H])c(N(C)C(C)(C)C)c(-c2c([2H])c([2H])c([2H])c([2H])[n+]2C(C)(C)C)c1[2H]. The van der Waals surface area contributed by atoms with Gasteiger partial charge in [0.2, 0.25) is 5.69 Å². The second kappa shape index (κ2) is 5.75. The van der Waals surface area contributed by atoms with E-state index in [1.54, 1.807) is 32.7 Å². The first-order valence-corrected chi connectivity index (χ1v) is 7.32. The standard InChI is InChI=1S/C20H29N2/c1-19(2,3)21(7)17-13-9-8-12-16(17)18-14-10-11-15-22(18)20(4,5)6/h8-15H,1-7H3/q+1/i8D,9D,10D,11D,12D,13D,14D,15D. The van der Waals surface area contributed by atoms with Crippen molar-refractivity contribution in [3.05, 3.63) is 48.5 Å². The average Bonchev–Trinajstić information content (AvgIpc) is 2.61. The van der Waals surface area contributed by atoms with E-state index in [0.29, 0.717) is 0 Å². The molecule has 0 aliphatic rings. The van der Waals surface area contributed by atoms with E-state index < -0.39 is 35.2 Å². The highest BCUT2D eigenvalue weighted by Crippen LogP contribution is 2.32. The van der Waals surface area contributed by atoms with Crippen LogP contribution in [0.25, 0.3) is 11.3 Å². The van der Waals surface area contributed by atoms with Gasteiger partial charge in [0, 0.05) is 45.4 Å². The summed E-state index contributed by atoms with van der Waals surface area (Å²) in [5.41, 5.74) is -1.01. The molecule has 2 aromatic rings. The lowest BCUT2D eigenvalue weighted by atomic mass is 10.00. The molecule has 0 radical (unpaired) electrons. The van der Waals surface area contributed by atoms with Crippen LogP contribution in [0.3, 0.4) is 0 Å². The van der Waals surface area contributed by atoms with Crippen LogP contribution in [0.2, 0.25) is 0 Å². The largest absolute Gasteiger partial charge is 0.369 e. The first-order chi connectivity index (χ1) is 13.4. The number of aromatic nitrogens is 1. The monoisotopic (exact) mass is 305 g/mol. The van der Waals surface area contributed by atoms with Crippen molar-refractivity contribution in [1.82, 2.24) is 0 Å². The van der Waals surface area contributed by atoms with Gasteiger partial charge in [0.1, 0.15) is 1.37 Å². The van der Waals surface area contributed by atoms with E-state index in [2.05, 4.69) is 0 Å². The molecule has 0 bridgehead atoms. The molecule has 0 fully saturated rings. The van der Waals surface area contributed by atoms with Crippen molar-refractivity contribution in [3.8, 4) is 11.3 Å². The number of pyridine rings is 1. The van der Waals surface area contributed by atoms with Gasteiger partial charge in [0.25, 0.3) is 0 Å². The summed E-state index contributed by atoms with van der Waals surface area (Å²) in [6, 6.07) is -2.63. The lowest BCUT2D eigenvalue weighted by molar-refractivity contribution is -0.744. The molecular formula is C20H29N2+. The highest BCUT2D eigenvalue weighted by atomic mass is 15.2. The molecule has 0 atom stereocenters. The molecule has 0 aliphatic heterocycles. The molecule has 0 saturated carbocycles. The van der Waals surface area contributed by atoms with Crippen molar-refractivity contribution >= 4 is 5.69 Å². The first-order valence-electron chi connectivity index (χ1n) is 11.3. The Balaban J connectivity index is 3.25. The number of benzene rings is 1. The molecule has 0 N–H and O–H groups in total. The molecule has 0 spiro atoms. The number of hydrogen-bond donors (Lipinski definition) is 0. The van der Waals surface area contributed by atoms with E-state index in [1.165, 1.54) is 4.57 Å². The Morgan fingerprint density at radius 3 is 2.09 bits per heavy atom. The van der Waals surface area contributed by atoms with Gasteiger partial charge in [-0.3, -0.25) is 0 Å². The zero-order valence-electron chi connectivity index (χ0n) is 22.4. The zero-order chi connectivity index (χ0) is 23.5. The minimum atomic E-state index is -0.778. The van der Waals surface area contributed by atoms with Crippen molar-refractivity contribution < 1.29 is 15.5 Å². The lowest BCUT2D eigenvalue weighted by Gasteiger charge is -2.35. The predicted octanol–water partition coefficient (Wildman–Crippen LogP) is 4.63. The van der Waals surface area contributed by atoms with Crippen LogP contribution in [0.4, 0.5) is 5.69 Å². The van der Waals surface area contributed by atoms with Gasteiger partial charge >= 0.3 is 0 Å². The fraction of sp³-hybridized carbons (Fsp3) is 0.450. The molecule has 2 nitrogen and oxygen atoms in total. The van der Waals surface area contributed by atoms with Gasteiger partial charge in [-0.25, -0.2) is 0 Å². The molecule has 0 amide bonds. The Morgan fingerprint density at radius 2 is 1.50 bits per heavy atom. The molecule has 118 valence electrons. The predicted molar refractivity (Wildman–Crippen MR) is 95.2 cm³/mol. The molecule has 2 rings (SSSR count). The maximum absolute atomic E-state index is 8.62. The van der Waals surface area contributed by atoms with Gasteiger partial charge < -0.3 is 4.90 Å². The summed E-state index contributed by atoms with van der Waals surface area (Å²) in [6.07, 6.45) is -0.282. The first kappa shape index (κ1) is 8.71. The zero-order valence-corrected chi connectivity index (χ0v) is 14.4. The van der Waals surface area contributed by atoms with E-state index in [-0.39, 0.29) is 41.2 Å². The molecular weight excluding hydrogens is 268 g/mol. The summed E-state index contributed by atoms with van der Waals surface area (Å²) in [7, 11) is 1.71. The third kappa shape index (κ3) is 3.32. The van der Waals surface area contributed by atoms with E-state index >= 15 is 0 Å².